The molecule has 0 saturated heterocycles. The Labute approximate surface area is 90.7 Å². The van der Waals surface area contributed by atoms with Gasteiger partial charge in [0.2, 0.25) is 0 Å². The van der Waals surface area contributed by atoms with Crippen LogP contribution in [0.1, 0.15) is 42.2 Å². The molecule has 1 aromatic heterocycles. The number of aromatic nitrogens is 1. The fraction of sp³-hybridized carbons (Fsp3) is 0.538. The van der Waals surface area contributed by atoms with Gasteiger partial charge in [0.05, 0.1) is 0 Å². The van der Waals surface area contributed by atoms with Crippen LogP contribution in [0.4, 0.5) is 0 Å². The van der Waals surface area contributed by atoms with Gasteiger partial charge in [-0.2, -0.15) is 0 Å². The van der Waals surface area contributed by atoms with E-state index < -0.39 is 0 Å². The van der Waals surface area contributed by atoms with Crippen LogP contribution in [-0.4, -0.2) is 10.8 Å². The van der Waals surface area contributed by atoms with Gasteiger partial charge >= 0.3 is 0 Å². The Morgan fingerprint density at radius 2 is 2.20 bits per heavy atom. The van der Waals surface area contributed by atoms with Crippen molar-refractivity contribution in [3.63, 3.8) is 0 Å². The summed E-state index contributed by atoms with van der Waals surface area (Å²) in [5.41, 5.74) is 1.74. The molecule has 0 N–H and O–H groups in total. The van der Waals surface area contributed by atoms with Gasteiger partial charge in [-0.25, -0.2) is 0 Å². The fourth-order valence-electron chi connectivity index (χ4n) is 2.29. The molecular formula is C13H17NO. The Balaban J connectivity index is 2.11. The molecule has 1 aliphatic rings. The molecule has 15 heavy (non-hydrogen) atoms. The maximum Gasteiger partial charge on any atom is 0.167 e. The molecule has 2 rings (SSSR count). The van der Waals surface area contributed by atoms with Crippen molar-refractivity contribution in [1.82, 2.24) is 4.98 Å². The molecule has 1 aliphatic carbocycles. The van der Waals surface area contributed by atoms with Crippen molar-refractivity contribution in [2.24, 2.45) is 11.8 Å². The minimum atomic E-state index is 0.240. The molecule has 0 spiro atoms. The van der Waals surface area contributed by atoms with Crippen molar-refractivity contribution < 1.29 is 4.79 Å². The van der Waals surface area contributed by atoms with Crippen LogP contribution in [-0.2, 0) is 0 Å². The first kappa shape index (κ1) is 10.3. The van der Waals surface area contributed by atoms with E-state index in [0.29, 0.717) is 5.92 Å². The third kappa shape index (κ3) is 2.25. The van der Waals surface area contributed by atoms with Crippen LogP contribution < -0.4 is 0 Å². The van der Waals surface area contributed by atoms with Crippen molar-refractivity contribution >= 4 is 5.78 Å². The first-order chi connectivity index (χ1) is 7.16. The number of carbonyl (C=O) groups is 1. The van der Waals surface area contributed by atoms with E-state index in [4.69, 9.17) is 0 Å². The molecule has 0 aromatic carbocycles. The number of hydrogen-bond acceptors (Lipinski definition) is 2. The molecule has 80 valence electrons. The summed E-state index contributed by atoms with van der Waals surface area (Å²) in [6.07, 6.45) is 5.00. The summed E-state index contributed by atoms with van der Waals surface area (Å²) in [7, 11) is 0. The Kier molecular flexibility index (Phi) is 2.85. The summed E-state index contributed by atoms with van der Waals surface area (Å²) < 4.78 is 0. The van der Waals surface area contributed by atoms with Gasteiger partial charge in [0.1, 0.15) is 0 Å². The molecule has 1 heterocycles. The van der Waals surface area contributed by atoms with Crippen molar-refractivity contribution in [3.05, 3.63) is 29.6 Å². The van der Waals surface area contributed by atoms with Crippen LogP contribution in [0.3, 0.4) is 0 Å². The van der Waals surface area contributed by atoms with Gasteiger partial charge < -0.3 is 0 Å². The molecule has 0 aliphatic heterocycles. The molecular weight excluding hydrogens is 186 g/mol. The third-order valence-corrected chi connectivity index (χ3v) is 3.26. The summed E-state index contributed by atoms with van der Waals surface area (Å²) in [5.74, 6) is 1.23. The molecule has 1 saturated carbocycles. The van der Waals surface area contributed by atoms with E-state index in [9.17, 15) is 4.79 Å². The Bertz CT molecular complexity index is 355. The lowest BCUT2D eigenvalue weighted by molar-refractivity contribution is 0.0920. The van der Waals surface area contributed by atoms with E-state index in [1.807, 2.05) is 19.1 Å². The van der Waals surface area contributed by atoms with Crippen molar-refractivity contribution in [3.8, 4) is 0 Å². The zero-order chi connectivity index (χ0) is 10.8. The lowest BCUT2D eigenvalue weighted by atomic mass is 9.96. The highest BCUT2D eigenvalue weighted by atomic mass is 16.1. The maximum atomic E-state index is 12.1. The number of pyridine rings is 1. The van der Waals surface area contributed by atoms with Crippen molar-refractivity contribution in [2.45, 2.75) is 33.1 Å². The van der Waals surface area contributed by atoms with Crippen molar-refractivity contribution in [2.75, 3.05) is 0 Å². The van der Waals surface area contributed by atoms with Gasteiger partial charge in [-0.05, 0) is 44.2 Å². The second-order valence-electron chi connectivity index (χ2n) is 4.67. The summed E-state index contributed by atoms with van der Waals surface area (Å²) in [6.45, 7) is 4.16. The average Bonchev–Trinajstić information content (AvgIpc) is 2.65. The molecule has 0 bridgehead atoms. The van der Waals surface area contributed by atoms with Crippen LogP contribution >= 0.6 is 0 Å². The quantitative estimate of drug-likeness (QED) is 0.691. The minimum Gasteiger partial charge on any atom is -0.294 e. The summed E-state index contributed by atoms with van der Waals surface area (Å²) >= 11 is 0. The molecule has 1 fully saturated rings. The predicted octanol–water partition coefficient (Wildman–Crippen LogP) is 3.01. The van der Waals surface area contributed by atoms with Crippen LogP contribution in [0.25, 0.3) is 0 Å². The van der Waals surface area contributed by atoms with Crippen LogP contribution in [0, 0.1) is 18.8 Å². The molecule has 2 heteroatoms. The Hall–Kier alpha value is -1.18. The molecule has 2 atom stereocenters. The van der Waals surface area contributed by atoms with E-state index in [2.05, 4.69) is 11.9 Å². The number of carbonyl (C=O) groups excluding carboxylic acids is 1. The smallest absolute Gasteiger partial charge is 0.167 e. The number of aryl methyl sites for hydroxylation is 1. The zero-order valence-electron chi connectivity index (χ0n) is 9.36. The second kappa shape index (κ2) is 4.13. The molecule has 1 aromatic rings. The van der Waals surface area contributed by atoms with Crippen LogP contribution in [0.15, 0.2) is 18.3 Å². The van der Waals surface area contributed by atoms with E-state index in [1.54, 1.807) is 6.20 Å². The molecule has 2 unspecified atom stereocenters. The van der Waals surface area contributed by atoms with Crippen LogP contribution in [0.5, 0.6) is 0 Å². The van der Waals surface area contributed by atoms with E-state index in [-0.39, 0.29) is 11.7 Å². The van der Waals surface area contributed by atoms with Gasteiger partial charge in [0.15, 0.2) is 5.78 Å². The number of hydrogen-bond donors (Lipinski definition) is 0. The molecule has 0 amide bonds. The summed E-state index contributed by atoms with van der Waals surface area (Å²) in [4.78, 5) is 16.2. The lowest BCUT2D eigenvalue weighted by Crippen LogP contribution is -2.11. The average molecular weight is 203 g/mol. The lowest BCUT2D eigenvalue weighted by Gasteiger charge is -2.08. The monoisotopic (exact) mass is 203 g/mol. The summed E-state index contributed by atoms with van der Waals surface area (Å²) in [6, 6.07) is 3.80. The first-order valence-corrected chi connectivity index (χ1v) is 5.63. The standard InChI is InChI=1S/C13H17NO/c1-9-3-5-11(7-9)13(15)12-6-4-10(2)14-8-12/h4,6,8-9,11H,3,5,7H2,1-2H3. The minimum absolute atomic E-state index is 0.240. The summed E-state index contributed by atoms with van der Waals surface area (Å²) in [5, 5.41) is 0. The fourth-order valence-corrected chi connectivity index (χ4v) is 2.29. The van der Waals surface area contributed by atoms with Gasteiger partial charge in [0, 0.05) is 23.4 Å². The highest BCUT2D eigenvalue weighted by Crippen LogP contribution is 2.32. The zero-order valence-corrected chi connectivity index (χ0v) is 9.36. The van der Waals surface area contributed by atoms with Gasteiger partial charge in [-0.1, -0.05) is 6.92 Å². The second-order valence-corrected chi connectivity index (χ2v) is 4.67. The largest absolute Gasteiger partial charge is 0.294 e. The Morgan fingerprint density at radius 3 is 2.73 bits per heavy atom. The van der Waals surface area contributed by atoms with Crippen molar-refractivity contribution in [1.29, 1.82) is 0 Å². The number of ketones is 1. The SMILES string of the molecule is Cc1ccc(C(=O)C2CCC(C)C2)cn1. The van der Waals surface area contributed by atoms with Gasteiger partial charge in [-0.3, -0.25) is 9.78 Å². The predicted molar refractivity (Wildman–Crippen MR) is 59.8 cm³/mol. The van der Waals surface area contributed by atoms with E-state index in [1.165, 1.54) is 6.42 Å². The van der Waals surface area contributed by atoms with E-state index >= 15 is 0 Å². The van der Waals surface area contributed by atoms with Gasteiger partial charge in [0.25, 0.3) is 0 Å². The number of Topliss-reactive ketones (excluding diaryl/α,β-unsaturated/α-hetero) is 1. The van der Waals surface area contributed by atoms with E-state index in [0.717, 1.165) is 24.1 Å². The first-order valence-electron chi connectivity index (χ1n) is 5.63. The molecule has 2 nitrogen and oxygen atoms in total. The number of nitrogens with zero attached hydrogens (tertiary/aromatic N) is 1. The maximum absolute atomic E-state index is 12.1. The highest BCUT2D eigenvalue weighted by Gasteiger charge is 2.27. The molecule has 0 radical (unpaired) electrons. The number of rotatable bonds is 2. The normalized spacial score (nSPS) is 25.5. The third-order valence-electron chi connectivity index (χ3n) is 3.26. The van der Waals surface area contributed by atoms with Gasteiger partial charge in [-0.15, -0.1) is 0 Å². The van der Waals surface area contributed by atoms with Crippen LogP contribution in [0.2, 0.25) is 0 Å². The Morgan fingerprint density at radius 1 is 1.40 bits per heavy atom. The highest BCUT2D eigenvalue weighted by molar-refractivity contribution is 5.97. The topological polar surface area (TPSA) is 30.0 Å².